The molecule has 0 bridgehead atoms. The van der Waals surface area contributed by atoms with Gasteiger partial charge < -0.3 is 14.2 Å². The molecule has 0 N–H and O–H groups in total. The van der Waals surface area contributed by atoms with Gasteiger partial charge in [-0.25, -0.2) is 4.79 Å². The Kier molecular flexibility index (Phi) is 5.90. The highest BCUT2D eigenvalue weighted by Crippen LogP contribution is 2.40. The van der Waals surface area contributed by atoms with Crippen LogP contribution in [0.5, 0.6) is 0 Å². The third-order valence-corrected chi connectivity index (χ3v) is 4.78. The lowest BCUT2D eigenvalue weighted by molar-refractivity contribution is -0.147. The molecule has 10 heteroatoms. The van der Waals surface area contributed by atoms with Gasteiger partial charge in [0.15, 0.2) is 0 Å². The van der Waals surface area contributed by atoms with Crippen LogP contribution in [0.25, 0.3) is 11.3 Å². The molecule has 1 aliphatic rings. The average molecular weight is 433 g/mol. The van der Waals surface area contributed by atoms with Gasteiger partial charge in [0, 0.05) is 17.1 Å². The number of amides is 1. The average Bonchev–Trinajstić information content (AvgIpc) is 3.29. The summed E-state index contributed by atoms with van der Waals surface area (Å²) in [7, 11) is 0. The Morgan fingerprint density at radius 3 is 2.64 bits per heavy atom. The highest BCUT2D eigenvalue weighted by atomic mass is 35.5. The summed E-state index contributed by atoms with van der Waals surface area (Å²) < 4.78 is 37.5. The van der Waals surface area contributed by atoms with Crippen LogP contribution in [0, 0.1) is 0 Å². The van der Waals surface area contributed by atoms with Gasteiger partial charge in [-0.3, -0.25) is 4.79 Å². The zero-order chi connectivity index (χ0) is 20.5. The maximum atomic E-state index is 13.9. The molecule has 0 radical (unpaired) electrons. The first-order valence-electron chi connectivity index (χ1n) is 8.54. The fourth-order valence-corrected chi connectivity index (χ4v) is 3.38. The second-order valence-electron chi connectivity index (χ2n) is 6.15. The molecule has 3 rings (SSSR count). The number of halogens is 4. The fourth-order valence-electron chi connectivity index (χ4n) is 3.12. The highest BCUT2D eigenvalue weighted by Gasteiger charge is 2.44. The smallest absolute Gasteiger partial charge is 0.383 e. The zero-order valence-electron chi connectivity index (χ0n) is 14.8. The van der Waals surface area contributed by atoms with Gasteiger partial charge in [-0.05, 0) is 43.5 Å². The molecular weight excluding hydrogens is 417 g/mol. The Bertz CT molecular complexity index is 881. The van der Waals surface area contributed by atoms with Gasteiger partial charge in [0.05, 0.1) is 6.61 Å². The molecule has 1 aromatic carbocycles. The molecule has 0 unspecified atom stereocenters. The summed E-state index contributed by atoms with van der Waals surface area (Å²) in [6.45, 7) is 2.00. The van der Waals surface area contributed by atoms with Crippen molar-refractivity contribution in [1.82, 2.24) is 10.1 Å². The van der Waals surface area contributed by atoms with E-state index in [9.17, 15) is 18.4 Å². The monoisotopic (exact) mass is 432 g/mol. The largest absolute Gasteiger partial charge is 0.464 e. The molecule has 2 heterocycles. The van der Waals surface area contributed by atoms with Crippen molar-refractivity contribution in [2.45, 2.75) is 31.2 Å². The number of carbonyl (C=O) groups excluding carboxylic acids is 2. The molecule has 2 aromatic rings. The van der Waals surface area contributed by atoms with Crippen LogP contribution in [-0.4, -0.2) is 41.1 Å². The highest BCUT2D eigenvalue weighted by molar-refractivity contribution is 6.30. The Labute approximate surface area is 169 Å². The third kappa shape index (κ3) is 3.98. The molecule has 1 fully saturated rings. The van der Waals surface area contributed by atoms with Crippen molar-refractivity contribution in [1.29, 1.82) is 0 Å². The van der Waals surface area contributed by atoms with Crippen molar-refractivity contribution >= 4 is 35.1 Å². The van der Waals surface area contributed by atoms with Gasteiger partial charge in [-0.1, -0.05) is 28.9 Å². The molecule has 1 amide bonds. The Morgan fingerprint density at radius 2 is 2.04 bits per heavy atom. The SMILES string of the molecule is CCOC(=O)[C@@H]1CCCN1C(=O)c1c(-c2ccc(Cl)cc2)noc1C(F)(F)Cl. The van der Waals surface area contributed by atoms with Gasteiger partial charge in [0.1, 0.15) is 17.3 Å². The molecule has 28 heavy (non-hydrogen) atoms. The predicted octanol–water partition coefficient (Wildman–Crippen LogP) is 4.45. The number of nitrogens with zero attached hydrogens (tertiary/aromatic N) is 2. The first kappa shape index (κ1) is 20.5. The predicted molar refractivity (Wildman–Crippen MR) is 97.4 cm³/mol. The minimum atomic E-state index is -3.96. The molecule has 1 saturated heterocycles. The number of ether oxygens (including phenoxy) is 1. The summed E-state index contributed by atoms with van der Waals surface area (Å²) in [4.78, 5) is 26.5. The van der Waals surface area contributed by atoms with E-state index in [1.165, 1.54) is 29.2 Å². The maximum absolute atomic E-state index is 13.9. The van der Waals surface area contributed by atoms with E-state index >= 15 is 0 Å². The summed E-state index contributed by atoms with van der Waals surface area (Å²) in [6, 6.07) is 5.21. The number of alkyl halides is 3. The minimum absolute atomic E-state index is 0.105. The van der Waals surface area contributed by atoms with E-state index in [1.807, 2.05) is 0 Å². The van der Waals surface area contributed by atoms with E-state index in [0.717, 1.165) is 0 Å². The van der Waals surface area contributed by atoms with E-state index in [1.54, 1.807) is 6.92 Å². The van der Waals surface area contributed by atoms with Crippen LogP contribution in [0.4, 0.5) is 8.78 Å². The van der Waals surface area contributed by atoms with Crippen molar-refractivity contribution in [2.75, 3.05) is 13.2 Å². The maximum Gasteiger partial charge on any atom is 0.383 e. The minimum Gasteiger partial charge on any atom is -0.464 e. The van der Waals surface area contributed by atoms with Crippen LogP contribution in [0.15, 0.2) is 28.8 Å². The summed E-state index contributed by atoms with van der Waals surface area (Å²) in [5.41, 5.74) is -0.249. The van der Waals surface area contributed by atoms with E-state index < -0.39 is 34.6 Å². The third-order valence-electron chi connectivity index (χ3n) is 4.35. The number of rotatable bonds is 5. The Morgan fingerprint density at radius 1 is 1.36 bits per heavy atom. The molecular formula is C18H16Cl2F2N2O4. The first-order valence-corrected chi connectivity index (χ1v) is 9.30. The molecule has 6 nitrogen and oxygen atoms in total. The van der Waals surface area contributed by atoms with Gasteiger partial charge in [0.2, 0.25) is 5.76 Å². The number of aromatic nitrogens is 1. The zero-order valence-corrected chi connectivity index (χ0v) is 16.3. The van der Waals surface area contributed by atoms with Crippen molar-refractivity contribution in [3.63, 3.8) is 0 Å². The van der Waals surface area contributed by atoms with Gasteiger partial charge >= 0.3 is 11.4 Å². The van der Waals surface area contributed by atoms with Gasteiger partial charge in [-0.2, -0.15) is 8.78 Å². The molecule has 1 aliphatic heterocycles. The first-order chi connectivity index (χ1) is 13.2. The number of carbonyl (C=O) groups is 2. The van der Waals surface area contributed by atoms with Crippen molar-refractivity contribution in [2.24, 2.45) is 0 Å². The number of hydrogen-bond acceptors (Lipinski definition) is 5. The normalized spacial score (nSPS) is 17.0. The molecule has 0 spiro atoms. The van der Waals surface area contributed by atoms with Crippen LogP contribution in [0.2, 0.25) is 5.02 Å². The van der Waals surface area contributed by atoms with Crippen LogP contribution in [0.1, 0.15) is 35.9 Å². The second-order valence-corrected chi connectivity index (χ2v) is 7.06. The number of hydrogen-bond donors (Lipinski definition) is 0. The number of likely N-dealkylation sites (tertiary alicyclic amines) is 1. The summed E-state index contributed by atoms with van der Waals surface area (Å²) in [6.07, 6.45) is 0.905. The van der Waals surface area contributed by atoms with Gasteiger partial charge in [0.25, 0.3) is 5.91 Å². The van der Waals surface area contributed by atoms with Crippen LogP contribution >= 0.6 is 23.2 Å². The summed E-state index contributed by atoms with van der Waals surface area (Å²) in [5, 5.41) is 0.0997. The summed E-state index contributed by atoms with van der Waals surface area (Å²) in [5.74, 6) is -2.48. The number of esters is 1. The second kappa shape index (κ2) is 8.05. The molecule has 0 saturated carbocycles. The lowest BCUT2D eigenvalue weighted by Crippen LogP contribution is -2.42. The van der Waals surface area contributed by atoms with E-state index in [2.05, 4.69) is 5.16 Å². The topological polar surface area (TPSA) is 72.6 Å². The fraction of sp³-hybridized carbons (Fsp3) is 0.389. The standard InChI is InChI=1S/C18H16Cl2F2N2O4/c1-2-27-17(26)12-4-3-9-24(12)16(25)13-14(10-5-7-11(19)8-6-10)23-28-15(13)18(20,21)22/h5-8,12H,2-4,9H2,1H3/t12-/m0/s1. The van der Waals surface area contributed by atoms with Crippen LogP contribution in [0.3, 0.4) is 0 Å². The molecule has 0 aliphatic carbocycles. The van der Waals surface area contributed by atoms with E-state index in [4.69, 9.17) is 32.5 Å². The Balaban J connectivity index is 2.06. The quantitative estimate of drug-likeness (QED) is 0.515. The number of benzene rings is 1. The van der Waals surface area contributed by atoms with E-state index in [0.29, 0.717) is 23.4 Å². The van der Waals surface area contributed by atoms with Crippen molar-refractivity contribution < 1.29 is 27.6 Å². The summed E-state index contributed by atoms with van der Waals surface area (Å²) >= 11 is 11.0. The lowest BCUT2D eigenvalue weighted by atomic mass is 10.0. The van der Waals surface area contributed by atoms with Crippen LogP contribution < -0.4 is 0 Å². The Hall–Kier alpha value is -2.19. The van der Waals surface area contributed by atoms with E-state index in [-0.39, 0.29) is 18.8 Å². The van der Waals surface area contributed by atoms with Crippen molar-refractivity contribution in [3.05, 3.63) is 40.6 Å². The van der Waals surface area contributed by atoms with Crippen LogP contribution in [-0.2, 0) is 14.9 Å². The molecule has 1 atom stereocenters. The molecule has 150 valence electrons. The lowest BCUT2D eigenvalue weighted by Gasteiger charge is -2.23. The van der Waals surface area contributed by atoms with Gasteiger partial charge in [-0.15, -0.1) is 0 Å². The molecule has 1 aromatic heterocycles. The van der Waals surface area contributed by atoms with Crippen molar-refractivity contribution in [3.8, 4) is 11.3 Å².